The molecule has 0 saturated carbocycles. The molecule has 17 heavy (non-hydrogen) atoms. The topological polar surface area (TPSA) is 0 Å². The number of benzene rings is 2. The van der Waals surface area contributed by atoms with Crippen LogP contribution < -0.4 is 0 Å². The summed E-state index contributed by atoms with van der Waals surface area (Å²) in [5, 5.41) is 1.54. The van der Waals surface area contributed by atoms with Crippen LogP contribution in [0.4, 0.5) is 0 Å². The maximum absolute atomic E-state index is 6.13. The summed E-state index contributed by atoms with van der Waals surface area (Å²) in [6.45, 7) is 0. The van der Waals surface area contributed by atoms with Gasteiger partial charge in [0.15, 0.2) is 0 Å². The van der Waals surface area contributed by atoms with E-state index in [1.807, 2.05) is 24.3 Å². The molecule has 0 saturated heterocycles. The van der Waals surface area contributed by atoms with Crippen molar-refractivity contribution in [3.63, 3.8) is 0 Å². The number of hydrogen-bond acceptors (Lipinski definition) is 0. The second kappa shape index (κ2) is 6.09. The van der Waals surface area contributed by atoms with Gasteiger partial charge in [-0.3, -0.25) is 0 Å². The summed E-state index contributed by atoms with van der Waals surface area (Å²) < 4.78 is 0. The van der Waals surface area contributed by atoms with Crippen molar-refractivity contribution in [2.75, 3.05) is 0 Å². The fraction of sp³-hybridized carbons (Fsp3) is 0.200. The van der Waals surface area contributed by atoms with Crippen LogP contribution in [0.25, 0.3) is 0 Å². The molecule has 0 amide bonds. The number of rotatable bonds is 4. The summed E-state index contributed by atoms with van der Waals surface area (Å²) in [6.07, 6.45) is 3.04. The Kier molecular flexibility index (Phi) is 4.47. The third-order valence-corrected chi connectivity index (χ3v) is 3.50. The smallest absolute Gasteiger partial charge is 0.0452 e. The van der Waals surface area contributed by atoms with Gasteiger partial charge < -0.3 is 0 Å². The molecule has 0 fully saturated rings. The molecule has 88 valence electrons. The van der Waals surface area contributed by atoms with Crippen LogP contribution >= 0.6 is 23.2 Å². The predicted molar refractivity (Wildman–Crippen MR) is 74.9 cm³/mol. The minimum atomic E-state index is 0.769. The molecule has 0 unspecified atom stereocenters. The van der Waals surface area contributed by atoms with Crippen molar-refractivity contribution in [1.29, 1.82) is 0 Å². The molecule has 0 aliphatic heterocycles. The predicted octanol–water partition coefficient (Wildman–Crippen LogP) is 5.17. The summed E-state index contributed by atoms with van der Waals surface area (Å²) in [5.41, 5.74) is 2.42. The van der Waals surface area contributed by atoms with Crippen LogP contribution in [-0.4, -0.2) is 0 Å². The van der Waals surface area contributed by atoms with Crippen molar-refractivity contribution < 1.29 is 0 Å². The summed E-state index contributed by atoms with van der Waals surface area (Å²) in [4.78, 5) is 0. The van der Waals surface area contributed by atoms with Gasteiger partial charge in [-0.05, 0) is 42.5 Å². The lowest BCUT2D eigenvalue weighted by Gasteiger charge is -2.06. The highest BCUT2D eigenvalue weighted by molar-refractivity contribution is 6.35. The largest absolute Gasteiger partial charge is 0.0840 e. The Bertz CT molecular complexity index is 457. The van der Waals surface area contributed by atoms with Crippen LogP contribution in [0.5, 0.6) is 0 Å². The van der Waals surface area contributed by atoms with Crippen LogP contribution in [0.1, 0.15) is 17.5 Å². The first-order chi connectivity index (χ1) is 8.27. The Morgan fingerprint density at radius 1 is 0.706 bits per heavy atom. The van der Waals surface area contributed by atoms with Gasteiger partial charge in [-0.25, -0.2) is 0 Å². The molecule has 0 aromatic heterocycles. The van der Waals surface area contributed by atoms with Crippen molar-refractivity contribution in [2.45, 2.75) is 19.3 Å². The molecule has 0 nitrogen and oxygen atoms in total. The molecule has 2 heteroatoms. The third kappa shape index (κ3) is 3.49. The second-order valence-corrected chi connectivity index (χ2v) is 4.85. The van der Waals surface area contributed by atoms with Gasteiger partial charge in [-0.2, -0.15) is 0 Å². The van der Waals surface area contributed by atoms with Gasteiger partial charge in [-0.15, -0.1) is 0 Å². The summed E-state index contributed by atoms with van der Waals surface area (Å²) in [5.74, 6) is 0. The Morgan fingerprint density at radius 2 is 1.35 bits per heavy atom. The molecular formula is C15H14Cl2. The highest BCUT2D eigenvalue weighted by atomic mass is 35.5. The van der Waals surface area contributed by atoms with Gasteiger partial charge >= 0.3 is 0 Å². The average Bonchev–Trinajstić information content (AvgIpc) is 2.34. The minimum absolute atomic E-state index is 0.769. The lowest BCUT2D eigenvalue weighted by Crippen LogP contribution is -1.92. The maximum atomic E-state index is 6.13. The van der Waals surface area contributed by atoms with Gasteiger partial charge in [-0.1, -0.05) is 59.6 Å². The molecule has 0 radical (unpaired) electrons. The van der Waals surface area contributed by atoms with E-state index in [0.717, 1.165) is 34.9 Å². The van der Waals surface area contributed by atoms with Crippen LogP contribution in [-0.2, 0) is 12.8 Å². The van der Waals surface area contributed by atoms with Crippen molar-refractivity contribution in [2.24, 2.45) is 0 Å². The molecule has 0 aliphatic rings. The Labute approximate surface area is 112 Å². The van der Waals surface area contributed by atoms with Gasteiger partial charge in [0.05, 0.1) is 0 Å². The molecule has 2 rings (SSSR count). The van der Waals surface area contributed by atoms with Crippen LogP contribution in [0.15, 0.2) is 48.5 Å². The van der Waals surface area contributed by atoms with E-state index < -0.39 is 0 Å². The zero-order valence-electron chi connectivity index (χ0n) is 9.50. The maximum Gasteiger partial charge on any atom is 0.0452 e. The van der Waals surface area contributed by atoms with Gasteiger partial charge in [0.25, 0.3) is 0 Å². The summed E-state index contributed by atoms with van der Waals surface area (Å²) in [6, 6.07) is 16.1. The fourth-order valence-electron chi connectivity index (χ4n) is 1.89. The van der Waals surface area contributed by atoms with E-state index in [0.29, 0.717) is 0 Å². The van der Waals surface area contributed by atoms with E-state index in [1.54, 1.807) is 0 Å². The van der Waals surface area contributed by atoms with Gasteiger partial charge in [0.2, 0.25) is 0 Å². The molecule has 0 N–H and O–H groups in total. The first-order valence-corrected chi connectivity index (χ1v) is 6.50. The molecule has 0 atom stereocenters. The monoisotopic (exact) mass is 264 g/mol. The Hall–Kier alpha value is -0.980. The zero-order chi connectivity index (χ0) is 12.1. The van der Waals surface area contributed by atoms with E-state index in [2.05, 4.69) is 24.3 Å². The number of hydrogen-bond donors (Lipinski definition) is 0. The molecule has 0 heterocycles. The molecule has 0 aliphatic carbocycles. The van der Waals surface area contributed by atoms with Gasteiger partial charge in [0, 0.05) is 10.0 Å². The van der Waals surface area contributed by atoms with Crippen molar-refractivity contribution in [3.05, 3.63) is 69.7 Å². The van der Waals surface area contributed by atoms with Crippen LogP contribution in [0.3, 0.4) is 0 Å². The molecule has 2 aromatic carbocycles. The first-order valence-electron chi connectivity index (χ1n) is 5.74. The molecule has 0 spiro atoms. The van der Waals surface area contributed by atoms with Crippen molar-refractivity contribution >= 4 is 23.2 Å². The van der Waals surface area contributed by atoms with Crippen molar-refractivity contribution in [1.82, 2.24) is 0 Å². The molecule has 2 aromatic rings. The standard InChI is InChI=1S/C15H14Cl2/c16-14-10-5-11-15(17)13(14)9-4-8-12-6-2-1-3-7-12/h1-3,5-7,10-11H,4,8-9H2. The van der Waals surface area contributed by atoms with Crippen LogP contribution in [0.2, 0.25) is 10.0 Å². The quantitative estimate of drug-likeness (QED) is 0.715. The lowest BCUT2D eigenvalue weighted by atomic mass is 10.0. The Balaban J connectivity index is 1.95. The van der Waals surface area contributed by atoms with Crippen molar-refractivity contribution in [3.8, 4) is 0 Å². The highest BCUT2D eigenvalue weighted by Gasteiger charge is 2.04. The Morgan fingerprint density at radius 3 is 2.00 bits per heavy atom. The van der Waals surface area contributed by atoms with E-state index in [1.165, 1.54) is 5.56 Å². The van der Waals surface area contributed by atoms with Crippen LogP contribution in [0, 0.1) is 0 Å². The number of aryl methyl sites for hydroxylation is 1. The second-order valence-electron chi connectivity index (χ2n) is 4.04. The third-order valence-electron chi connectivity index (χ3n) is 2.80. The lowest BCUT2D eigenvalue weighted by molar-refractivity contribution is 0.821. The minimum Gasteiger partial charge on any atom is -0.0840 e. The van der Waals surface area contributed by atoms with E-state index in [4.69, 9.17) is 23.2 Å². The number of halogens is 2. The summed E-state index contributed by atoms with van der Waals surface area (Å²) >= 11 is 12.3. The summed E-state index contributed by atoms with van der Waals surface area (Å²) in [7, 11) is 0. The van der Waals surface area contributed by atoms with Gasteiger partial charge in [0.1, 0.15) is 0 Å². The van der Waals surface area contributed by atoms with E-state index in [9.17, 15) is 0 Å². The average molecular weight is 265 g/mol. The normalized spacial score (nSPS) is 10.5. The fourth-order valence-corrected chi connectivity index (χ4v) is 2.47. The van der Waals surface area contributed by atoms with E-state index >= 15 is 0 Å². The highest BCUT2D eigenvalue weighted by Crippen LogP contribution is 2.25. The SMILES string of the molecule is Clc1cccc(Cl)c1CCCc1ccccc1. The van der Waals surface area contributed by atoms with E-state index in [-0.39, 0.29) is 0 Å². The first kappa shape index (κ1) is 12.5. The zero-order valence-corrected chi connectivity index (χ0v) is 11.0. The molecular weight excluding hydrogens is 251 g/mol. The molecule has 0 bridgehead atoms.